The molecule has 0 bridgehead atoms. The number of hydrogen-bond acceptors (Lipinski definition) is 5. The van der Waals surface area contributed by atoms with E-state index in [9.17, 15) is 4.79 Å². The summed E-state index contributed by atoms with van der Waals surface area (Å²) in [6.45, 7) is 4.04. The smallest absolute Gasteiger partial charge is 0.323 e. The molecule has 1 aliphatic heterocycles. The van der Waals surface area contributed by atoms with Crippen LogP contribution in [-0.4, -0.2) is 36.4 Å². The SMILES string of the molecule is COc1ccc(C)cc1NC(=O)Nc1cccc(-c2ccc(N3CCCCCC3)nn2)c1. The van der Waals surface area contributed by atoms with Gasteiger partial charge >= 0.3 is 6.03 Å². The molecule has 1 aromatic heterocycles. The highest BCUT2D eigenvalue weighted by Crippen LogP contribution is 2.26. The molecule has 0 atom stereocenters. The Bertz CT molecular complexity index is 1060. The minimum Gasteiger partial charge on any atom is -0.495 e. The number of aryl methyl sites for hydroxylation is 1. The van der Waals surface area contributed by atoms with Gasteiger partial charge in [-0.3, -0.25) is 0 Å². The van der Waals surface area contributed by atoms with E-state index in [4.69, 9.17) is 4.74 Å². The highest BCUT2D eigenvalue weighted by molar-refractivity contribution is 6.01. The third-order valence-corrected chi connectivity index (χ3v) is 5.60. The van der Waals surface area contributed by atoms with Gasteiger partial charge in [0.1, 0.15) is 5.75 Å². The van der Waals surface area contributed by atoms with Crippen molar-refractivity contribution in [2.75, 3.05) is 35.7 Å². The summed E-state index contributed by atoms with van der Waals surface area (Å²) in [5.41, 5.74) is 3.99. The molecular formula is C25H29N5O2. The van der Waals surface area contributed by atoms with Gasteiger partial charge in [-0.15, -0.1) is 10.2 Å². The third kappa shape index (κ3) is 5.35. The van der Waals surface area contributed by atoms with Gasteiger partial charge in [-0.05, 0) is 61.7 Å². The fraction of sp³-hybridized carbons (Fsp3) is 0.320. The van der Waals surface area contributed by atoms with E-state index in [-0.39, 0.29) is 6.03 Å². The number of rotatable bonds is 5. The number of methoxy groups -OCH3 is 1. The zero-order valence-corrected chi connectivity index (χ0v) is 18.6. The van der Waals surface area contributed by atoms with Gasteiger partial charge in [0.15, 0.2) is 5.82 Å². The Morgan fingerprint density at radius 3 is 2.47 bits per heavy atom. The molecule has 2 N–H and O–H groups in total. The molecular weight excluding hydrogens is 402 g/mol. The number of nitrogens with zero attached hydrogens (tertiary/aromatic N) is 3. The Hall–Kier alpha value is -3.61. The fourth-order valence-electron chi connectivity index (χ4n) is 3.91. The number of amides is 2. The van der Waals surface area contributed by atoms with E-state index >= 15 is 0 Å². The Labute approximate surface area is 188 Å². The minimum absolute atomic E-state index is 0.339. The number of nitrogens with one attached hydrogen (secondary N) is 2. The van der Waals surface area contributed by atoms with E-state index < -0.39 is 0 Å². The Kier molecular flexibility index (Phi) is 6.84. The van der Waals surface area contributed by atoms with Gasteiger partial charge in [0.05, 0.1) is 18.5 Å². The van der Waals surface area contributed by atoms with Crippen LogP contribution in [0.4, 0.5) is 22.0 Å². The molecule has 3 aromatic rings. The van der Waals surface area contributed by atoms with Crippen LogP contribution in [0.2, 0.25) is 0 Å². The Morgan fingerprint density at radius 2 is 1.75 bits per heavy atom. The molecule has 0 unspecified atom stereocenters. The number of urea groups is 1. The van der Waals surface area contributed by atoms with E-state index in [0.717, 1.165) is 35.7 Å². The second-order valence-corrected chi connectivity index (χ2v) is 8.04. The molecule has 4 rings (SSSR count). The number of benzene rings is 2. The summed E-state index contributed by atoms with van der Waals surface area (Å²) in [7, 11) is 1.58. The second kappa shape index (κ2) is 10.1. The molecule has 1 saturated heterocycles. The summed E-state index contributed by atoms with van der Waals surface area (Å²) in [5, 5.41) is 14.6. The Morgan fingerprint density at radius 1 is 0.938 bits per heavy atom. The van der Waals surface area contributed by atoms with E-state index in [1.165, 1.54) is 25.7 Å². The van der Waals surface area contributed by atoms with Crippen LogP contribution in [0.1, 0.15) is 31.2 Å². The highest BCUT2D eigenvalue weighted by Gasteiger charge is 2.13. The van der Waals surface area contributed by atoms with Crippen molar-refractivity contribution in [2.24, 2.45) is 0 Å². The van der Waals surface area contributed by atoms with Crippen LogP contribution in [0.15, 0.2) is 54.6 Å². The third-order valence-electron chi connectivity index (χ3n) is 5.60. The molecule has 2 heterocycles. The molecule has 2 amide bonds. The highest BCUT2D eigenvalue weighted by atomic mass is 16.5. The standard InChI is InChI=1S/C25H29N5O2/c1-18-10-12-23(32-2)22(16-18)27-25(31)26-20-9-7-8-19(17-20)21-11-13-24(29-28-21)30-14-5-3-4-6-15-30/h7-13,16-17H,3-6,14-15H2,1-2H3,(H2,26,27,31). The molecule has 166 valence electrons. The van der Waals surface area contributed by atoms with E-state index in [1.807, 2.05) is 61.5 Å². The maximum Gasteiger partial charge on any atom is 0.323 e. The van der Waals surface area contributed by atoms with Gasteiger partial charge < -0.3 is 20.3 Å². The summed E-state index contributed by atoms with van der Waals surface area (Å²) in [6, 6.07) is 16.9. The lowest BCUT2D eigenvalue weighted by Gasteiger charge is -2.20. The summed E-state index contributed by atoms with van der Waals surface area (Å²) in [5.74, 6) is 1.54. The Balaban J connectivity index is 1.44. The lowest BCUT2D eigenvalue weighted by Crippen LogP contribution is -2.25. The molecule has 1 fully saturated rings. The number of carbonyl (C=O) groups is 1. The number of aromatic nitrogens is 2. The lowest BCUT2D eigenvalue weighted by atomic mass is 10.1. The van der Waals surface area contributed by atoms with Crippen molar-refractivity contribution < 1.29 is 9.53 Å². The van der Waals surface area contributed by atoms with Gasteiger partial charge in [-0.25, -0.2) is 4.79 Å². The van der Waals surface area contributed by atoms with Crippen molar-refractivity contribution >= 4 is 23.2 Å². The predicted molar refractivity (Wildman–Crippen MR) is 129 cm³/mol. The number of anilines is 3. The maximum absolute atomic E-state index is 12.5. The molecule has 0 saturated carbocycles. The van der Waals surface area contributed by atoms with Crippen molar-refractivity contribution in [1.29, 1.82) is 0 Å². The summed E-state index contributed by atoms with van der Waals surface area (Å²) in [6.07, 6.45) is 4.97. The monoisotopic (exact) mass is 431 g/mol. The van der Waals surface area contributed by atoms with Crippen LogP contribution in [0.25, 0.3) is 11.3 Å². The van der Waals surface area contributed by atoms with E-state index in [1.54, 1.807) is 7.11 Å². The molecule has 32 heavy (non-hydrogen) atoms. The summed E-state index contributed by atoms with van der Waals surface area (Å²) >= 11 is 0. The molecule has 7 heteroatoms. The second-order valence-electron chi connectivity index (χ2n) is 8.04. The van der Waals surface area contributed by atoms with Crippen LogP contribution < -0.4 is 20.3 Å². The normalized spacial score (nSPS) is 13.9. The van der Waals surface area contributed by atoms with E-state index in [2.05, 4.69) is 25.7 Å². The van der Waals surface area contributed by atoms with E-state index in [0.29, 0.717) is 17.1 Å². The van der Waals surface area contributed by atoms with Crippen LogP contribution in [0, 0.1) is 6.92 Å². The average molecular weight is 432 g/mol. The predicted octanol–water partition coefficient (Wildman–Crippen LogP) is 5.49. The number of ether oxygens (including phenoxy) is 1. The largest absolute Gasteiger partial charge is 0.495 e. The van der Waals surface area contributed by atoms with Gasteiger partial charge in [-0.1, -0.05) is 31.0 Å². The molecule has 0 radical (unpaired) electrons. The first-order valence-corrected chi connectivity index (χ1v) is 11.0. The topological polar surface area (TPSA) is 79.4 Å². The first kappa shape index (κ1) is 21.6. The zero-order valence-electron chi connectivity index (χ0n) is 18.6. The first-order chi connectivity index (χ1) is 15.6. The van der Waals surface area contributed by atoms with Gasteiger partial charge in [0.25, 0.3) is 0 Å². The molecule has 0 spiro atoms. The maximum atomic E-state index is 12.5. The van der Waals surface area contributed by atoms with Crippen LogP contribution in [0.3, 0.4) is 0 Å². The quantitative estimate of drug-likeness (QED) is 0.559. The van der Waals surface area contributed by atoms with Crippen LogP contribution >= 0.6 is 0 Å². The number of carbonyl (C=O) groups excluding carboxylic acids is 1. The van der Waals surface area contributed by atoms with Gasteiger partial charge in [0.2, 0.25) is 0 Å². The fourth-order valence-corrected chi connectivity index (χ4v) is 3.91. The van der Waals surface area contributed by atoms with Crippen molar-refractivity contribution in [3.05, 3.63) is 60.2 Å². The summed E-state index contributed by atoms with van der Waals surface area (Å²) in [4.78, 5) is 14.9. The van der Waals surface area contributed by atoms with Crippen molar-refractivity contribution in [3.8, 4) is 17.0 Å². The molecule has 2 aromatic carbocycles. The van der Waals surface area contributed by atoms with Crippen LogP contribution in [-0.2, 0) is 0 Å². The van der Waals surface area contributed by atoms with Crippen molar-refractivity contribution in [3.63, 3.8) is 0 Å². The van der Waals surface area contributed by atoms with Gasteiger partial charge in [0, 0.05) is 24.3 Å². The molecule has 7 nitrogen and oxygen atoms in total. The number of hydrogen-bond donors (Lipinski definition) is 2. The molecule has 1 aliphatic rings. The van der Waals surface area contributed by atoms with Crippen molar-refractivity contribution in [2.45, 2.75) is 32.6 Å². The van der Waals surface area contributed by atoms with Crippen molar-refractivity contribution in [1.82, 2.24) is 10.2 Å². The van der Waals surface area contributed by atoms with Gasteiger partial charge in [-0.2, -0.15) is 0 Å². The molecule has 0 aliphatic carbocycles. The lowest BCUT2D eigenvalue weighted by molar-refractivity contribution is 0.262. The van der Waals surface area contributed by atoms with Crippen LogP contribution in [0.5, 0.6) is 5.75 Å². The zero-order chi connectivity index (χ0) is 22.3. The minimum atomic E-state index is -0.339. The average Bonchev–Trinajstić information content (AvgIpc) is 3.09. The summed E-state index contributed by atoms with van der Waals surface area (Å²) < 4.78 is 5.33. The first-order valence-electron chi connectivity index (χ1n) is 11.0.